The number of Topliss-reactive ketones (excluding diaryl/α,β-unsaturated/α-hetero) is 1. The zero-order chi connectivity index (χ0) is 11.3. The lowest BCUT2D eigenvalue weighted by Gasteiger charge is -2.11. The zero-order valence-electron chi connectivity index (χ0n) is 10.1. The van der Waals surface area contributed by atoms with Crippen LogP contribution in [0.3, 0.4) is 0 Å². The minimum Gasteiger partial charge on any atom is -0.308 e. The predicted molar refractivity (Wildman–Crippen MR) is 70.5 cm³/mol. The van der Waals surface area contributed by atoms with Crippen LogP contribution in [0.2, 0.25) is 0 Å². The van der Waals surface area contributed by atoms with Crippen molar-refractivity contribution in [3.63, 3.8) is 0 Å². The van der Waals surface area contributed by atoms with E-state index >= 15 is 0 Å². The van der Waals surface area contributed by atoms with E-state index in [1.165, 1.54) is 5.56 Å². The van der Waals surface area contributed by atoms with Crippen molar-refractivity contribution >= 4 is 18.2 Å². The van der Waals surface area contributed by atoms with Crippen molar-refractivity contribution in [3.05, 3.63) is 35.4 Å². The molecule has 0 amide bonds. The van der Waals surface area contributed by atoms with Gasteiger partial charge in [-0.2, -0.15) is 0 Å². The van der Waals surface area contributed by atoms with Crippen LogP contribution in [0.4, 0.5) is 0 Å². The van der Waals surface area contributed by atoms with Crippen molar-refractivity contribution in [2.75, 3.05) is 6.54 Å². The van der Waals surface area contributed by atoms with Crippen molar-refractivity contribution in [1.82, 2.24) is 5.32 Å². The number of likely N-dealkylation sites (N-methyl/N-ethyl adjacent to an activating group) is 1. The summed E-state index contributed by atoms with van der Waals surface area (Å²) >= 11 is 0. The number of benzene rings is 1. The number of carbonyl (C=O) groups excluding carboxylic acids is 1. The summed E-state index contributed by atoms with van der Waals surface area (Å²) in [7, 11) is 0. The van der Waals surface area contributed by atoms with Gasteiger partial charge in [0.05, 0.1) is 6.04 Å². The second kappa shape index (κ2) is 7.42. The third-order valence-corrected chi connectivity index (χ3v) is 2.55. The van der Waals surface area contributed by atoms with Gasteiger partial charge < -0.3 is 5.32 Å². The molecule has 1 aromatic carbocycles. The van der Waals surface area contributed by atoms with Crippen molar-refractivity contribution in [2.45, 2.75) is 33.2 Å². The molecule has 1 atom stereocenters. The first-order chi connectivity index (χ1) is 7.19. The number of rotatable bonds is 5. The lowest BCUT2D eigenvalue weighted by molar-refractivity contribution is 0.0952. The Morgan fingerprint density at radius 3 is 2.25 bits per heavy atom. The average Bonchev–Trinajstić information content (AvgIpc) is 2.28. The number of carbonyl (C=O) groups is 1. The molecule has 1 aromatic rings. The second-order valence-corrected chi connectivity index (χ2v) is 3.69. The summed E-state index contributed by atoms with van der Waals surface area (Å²) in [4.78, 5) is 11.9. The highest BCUT2D eigenvalue weighted by molar-refractivity contribution is 5.99. The molecule has 0 heterocycles. The monoisotopic (exact) mass is 241 g/mol. The van der Waals surface area contributed by atoms with Gasteiger partial charge in [-0.15, -0.1) is 12.4 Å². The summed E-state index contributed by atoms with van der Waals surface area (Å²) in [5, 5.41) is 3.12. The molecular formula is C13H20ClNO. The Labute approximate surface area is 104 Å². The van der Waals surface area contributed by atoms with Gasteiger partial charge in [0.1, 0.15) is 0 Å². The Hall–Kier alpha value is -0.860. The summed E-state index contributed by atoms with van der Waals surface area (Å²) in [6.45, 7) is 6.83. The topological polar surface area (TPSA) is 29.1 Å². The molecule has 2 nitrogen and oxygen atoms in total. The van der Waals surface area contributed by atoms with Gasteiger partial charge in [0, 0.05) is 5.56 Å². The predicted octanol–water partition coefficient (Wildman–Crippen LogP) is 2.85. The summed E-state index contributed by atoms with van der Waals surface area (Å²) in [5.41, 5.74) is 2.06. The summed E-state index contributed by atoms with van der Waals surface area (Å²) in [6, 6.07) is 7.77. The van der Waals surface area contributed by atoms with E-state index in [2.05, 4.69) is 12.2 Å². The largest absolute Gasteiger partial charge is 0.308 e. The number of hydrogen-bond donors (Lipinski definition) is 1. The third kappa shape index (κ3) is 3.95. The Kier molecular flexibility index (Phi) is 7.02. The van der Waals surface area contributed by atoms with Crippen LogP contribution in [0.5, 0.6) is 0 Å². The molecule has 0 spiro atoms. The van der Waals surface area contributed by atoms with Gasteiger partial charge in [-0.25, -0.2) is 0 Å². The van der Waals surface area contributed by atoms with Gasteiger partial charge in [-0.1, -0.05) is 38.1 Å². The minimum atomic E-state index is -0.0949. The Balaban J connectivity index is 0.00000225. The molecule has 0 bridgehead atoms. The van der Waals surface area contributed by atoms with Crippen molar-refractivity contribution in [2.24, 2.45) is 0 Å². The molecule has 0 radical (unpaired) electrons. The standard InChI is InChI=1S/C13H19NO.ClH/c1-4-11-6-8-12(9-7-11)13(15)10(3)14-5-2;/h6-10,14H,4-5H2,1-3H3;1H. The Morgan fingerprint density at radius 2 is 1.81 bits per heavy atom. The Bertz CT molecular complexity index is 321. The van der Waals surface area contributed by atoms with E-state index < -0.39 is 0 Å². The lowest BCUT2D eigenvalue weighted by atomic mass is 10.0. The van der Waals surface area contributed by atoms with E-state index in [1.54, 1.807) is 0 Å². The van der Waals surface area contributed by atoms with Crippen LogP contribution in [-0.4, -0.2) is 18.4 Å². The normalized spacial score (nSPS) is 11.7. The molecule has 0 aromatic heterocycles. The van der Waals surface area contributed by atoms with Crippen LogP contribution in [0, 0.1) is 0 Å². The zero-order valence-corrected chi connectivity index (χ0v) is 10.9. The van der Waals surface area contributed by atoms with E-state index in [0.29, 0.717) is 0 Å². The molecule has 0 aliphatic carbocycles. The first kappa shape index (κ1) is 15.1. The molecule has 1 rings (SSSR count). The minimum absolute atomic E-state index is 0. The average molecular weight is 242 g/mol. The van der Waals surface area contributed by atoms with Gasteiger partial charge in [0.25, 0.3) is 0 Å². The van der Waals surface area contributed by atoms with E-state index in [4.69, 9.17) is 0 Å². The van der Waals surface area contributed by atoms with E-state index in [9.17, 15) is 4.79 Å². The van der Waals surface area contributed by atoms with Gasteiger partial charge in [0.15, 0.2) is 5.78 Å². The van der Waals surface area contributed by atoms with Crippen LogP contribution in [0.15, 0.2) is 24.3 Å². The summed E-state index contributed by atoms with van der Waals surface area (Å²) in [6.07, 6.45) is 1.01. The molecule has 0 aliphatic rings. The van der Waals surface area contributed by atoms with Gasteiger partial charge in [0.2, 0.25) is 0 Å². The molecule has 1 unspecified atom stereocenters. The third-order valence-electron chi connectivity index (χ3n) is 2.55. The summed E-state index contributed by atoms with van der Waals surface area (Å²) in [5.74, 6) is 0.166. The molecule has 3 heteroatoms. The number of hydrogen-bond acceptors (Lipinski definition) is 2. The van der Waals surface area contributed by atoms with Gasteiger partial charge in [-0.3, -0.25) is 4.79 Å². The molecule has 90 valence electrons. The molecule has 16 heavy (non-hydrogen) atoms. The molecule has 0 fully saturated rings. The first-order valence-corrected chi connectivity index (χ1v) is 5.55. The van der Waals surface area contributed by atoms with Crippen molar-refractivity contribution in [3.8, 4) is 0 Å². The van der Waals surface area contributed by atoms with Gasteiger partial charge in [-0.05, 0) is 25.5 Å². The van der Waals surface area contributed by atoms with Crippen LogP contribution < -0.4 is 5.32 Å². The molecule has 0 saturated heterocycles. The van der Waals surface area contributed by atoms with Gasteiger partial charge >= 0.3 is 0 Å². The van der Waals surface area contributed by atoms with Crippen molar-refractivity contribution < 1.29 is 4.79 Å². The van der Waals surface area contributed by atoms with E-state index in [-0.39, 0.29) is 24.2 Å². The molecule has 0 saturated carbocycles. The van der Waals surface area contributed by atoms with E-state index in [0.717, 1.165) is 18.5 Å². The number of ketones is 1. The maximum Gasteiger partial charge on any atom is 0.179 e. The van der Waals surface area contributed by atoms with Crippen LogP contribution in [0.1, 0.15) is 36.7 Å². The highest BCUT2D eigenvalue weighted by Crippen LogP contribution is 2.07. The maximum absolute atomic E-state index is 11.9. The second-order valence-electron chi connectivity index (χ2n) is 3.69. The molecule has 1 N–H and O–H groups in total. The lowest BCUT2D eigenvalue weighted by Crippen LogP contribution is -2.33. The fourth-order valence-corrected chi connectivity index (χ4v) is 1.55. The highest BCUT2D eigenvalue weighted by atomic mass is 35.5. The number of aryl methyl sites for hydroxylation is 1. The molecule has 0 aliphatic heterocycles. The number of halogens is 1. The highest BCUT2D eigenvalue weighted by Gasteiger charge is 2.13. The quantitative estimate of drug-likeness (QED) is 0.804. The van der Waals surface area contributed by atoms with Crippen LogP contribution in [-0.2, 0) is 6.42 Å². The fourth-order valence-electron chi connectivity index (χ4n) is 1.55. The molecular weight excluding hydrogens is 222 g/mol. The summed E-state index contributed by atoms with van der Waals surface area (Å²) < 4.78 is 0. The van der Waals surface area contributed by atoms with E-state index in [1.807, 2.05) is 38.1 Å². The van der Waals surface area contributed by atoms with Crippen LogP contribution >= 0.6 is 12.4 Å². The van der Waals surface area contributed by atoms with Crippen LogP contribution in [0.25, 0.3) is 0 Å². The number of nitrogens with one attached hydrogen (secondary N) is 1. The fraction of sp³-hybridized carbons (Fsp3) is 0.462. The first-order valence-electron chi connectivity index (χ1n) is 5.55. The SMILES string of the molecule is CCNC(C)C(=O)c1ccc(CC)cc1.Cl. The smallest absolute Gasteiger partial charge is 0.179 e. The maximum atomic E-state index is 11.9. The van der Waals surface area contributed by atoms with Crippen molar-refractivity contribution in [1.29, 1.82) is 0 Å². The Morgan fingerprint density at radius 1 is 1.25 bits per heavy atom.